The molecule has 0 unspecified atom stereocenters. The number of fused-ring (bicyclic) bond motifs is 1. The first-order valence-electron chi connectivity index (χ1n) is 8.59. The summed E-state index contributed by atoms with van der Waals surface area (Å²) in [6, 6.07) is 7.33. The number of aryl methyl sites for hydroxylation is 1. The quantitative estimate of drug-likeness (QED) is 0.354. The molecular formula is C18H19N5O5S. The van der Waals surface area contributed by atoms with E-state index in [0.29, 0.717) is 23.1 Å². The number of pyridine rings is 1. The van der Waals surface area contributed by atoms with E-state index in [2.05, 4.69) is 10.2 Å². The van der Waals surface area contributed by atoms with Crippen LogP contribution >= 0.6 is 0 Å². The molecule has 0 aliphatic heterocycles. The van der Waals surface area contributed by atoms with Gasteiger partial charge in [0, 0.05) is 37.5 Å². The lowest BCUT2D eigenvalue weighted by Gasteiger charge is -2.15. The van der Waals surface area contributed by atoms with Crippen LogP contribution in [0.4, 0.5) is 5.69 Å². The molecule has 10 nitrogen and oxygen atoms in total. The highest BCUT2D eigenvalue weighted by Gasteiger charge is 2.24. The number of hydrazone groups is 1. The summed E-state index contributed by atoms with van der Waals surface area (Å²) < 4.78 is 28.0. The van der Waals surface area contributed by atoms with E-state index in [1.807, 2.05) is 12.1 Å². The number of benzene rings is 1. The van der Waals surface area contributed by atoms with Crippen molar-refractivity contribution in [1.29, 1.82) is 0 Å². The Bertz CT molecular complexity index is 1200. The number of aromatic nitrogens is 2. The minimum Gasteiger partial charge on any atom is -0.396 e. The second-order valence-corrected chi connectivity index (χ2v) is 8.25. The summed E-state index contributed by atoms with van der Waals surface area (Å²) in [4.78, 5) is 10.2. The van der Waals surface area contributed by atoms with Gasteiger partial charge in [-0.05, 0) is 36.6 Å². The van der Waals surface area contributed by atoms with Gasteiger partial charge in [0.15, 0.2) is 0 Å². The fourth-order valence-electron chi connectivity index (χ4n) is 2.76. The van der Waals surface area contributed by atoms with E-state index in [4.69, 9.17) is 5.11 Å². The molecule has 2 heterocycles. The van der Waals surface area contributed by atoms with Gasteiger partial charge >= 0.3 is 0 Å². The molecule has 0 radical (unpaired) electrons. The van der Waals surface area contributed by atoms with E-state index in [-0.39, 0.29) is 17.2 Å². The predicted molar refractivity (Wildman–Crippen MR) is 106 cm³/mol. The molecule has 2 aromatic heterocycles. The number of rotatable bonds is 7. The van der Waals surface area contributed by atoms with Crippen molar-refractivity contribution >= 4 is 27.4 Å². The summed E-state index contributed by atoms with van der Waals surface area (Å²) in [5.41, 5.74) is 2.26. The highest BCUT2D eigenvalue weighted by molar-refractivity contribution is 7.89. The Morgan fingerprint density at radius 3 is 2.79 bits per heavy atom. The van der Waals surface area contributed by atoms with Gasteiger partial charge in [-0.15, -0.1) is 0 Å². The zero-order valence-corrected chi connectivity index (χ0v) is 16.6. The van der Waals surface area contributed by atoms with E-state index in [1.54, 1.807) is 23.8 Å². The average Bonchev–Trinajstić information content (AvgIpc) is 3.08. The van der Waals surface area contributed by atoms with Crippen molar-refractivity contribution in [2.45, 2.75) is 18.2 Å². The second-order valence-electron chi connectivity index (χ2n) is 6.33. The standard InChI is InChI=1S/C18H19N5O5S/c1-13-3-4-16(23(25)26)10-18(13)29(27,28)21(2)19-11-15-12-20-22-7-5-14(6-8-24)9-17(15)22/h3-5,7,9-12,24H,6,8H2,1-2H3/b19-11-. The molecule has 0 saturated carbocycles. The Morgan fingerprint density at radius 2 is 2.10 bits per heavy atom. The van der Waals surface area contributed by atoms with Crippen molar-refractivity contribution in [2.75, 3.05) is 13.7 Å². The zero-order chi connectivity index (χ0) is 21.2. The van der Waals surface area contributed by atoms with E-state index in [0.717, 1.165) is 16.0 Å². The average molecular weight is 417 g/mol. The first-order chi connectivity index (χ1) is 13.7. The van der Waals surface area contributed by atoms with Crippen LogP contribution < -0.4 is 0 Å². The van der Waals surface area contributed by atoms with E-state index < -0.39 is 14.9 Å². The Balaban J connectivity index is 1.93. The van der Waals surface area contributed by atoms with Crippen LogP contribution in [0, 0.1) is 17.0 Å². The van der Waals surface area contributed by atoms with Crippen molar-refractivity contribution in [1.82, 2.24) is 14.0 Å². The topological polar surface area (TPSA) is 130 Å². The van der Waals surface area contributed by atoms with Gasteiger partial charge < -0.3 is 5.11 Å². The summed E-state index contributed by atoms with van der Waals surface area (Å²) in [6.45, 7) is 1.57. The number of nitro benzene ring substituents is 1. The third-order valence-corrected chi connectivity index (χ3v) is 6.17. The van der Waals surface area contributed by atoms with Gasteiger partial charge in [-0.3, -0.25) is 10.1 Å². The van der Waals surface area contributed by atoms with Gasteiger partial charge in [-0.2, -0.15) is 23.0 Å². The smallest absolute Gasteiger partial charge is 0.279 e. The monoisotopic (exact) mass is 417 g/mol. The molecule has 0 atom stereocenters. The van der Waals surface area contributed by atoms with Crippen LogP contribution in [-0.2, 0) is 16.4 Å². The van der Waals surface area contributed by atoms with Crippen molar-refractivity contribution in [3.05, 3.63) is 69.5 Å². The molecule has 0 fully saturated rings. The lowest BCUT2D eigenvalue weighted by molar-refractivity contribution is -0.385. The molecule has 0 amide bonds. The second kappa shape index (κ2) is 7.97. The van der Waals surface area contributed by atoms with E-state index in [1.165, 1.54) is 25.4 Å². The van der Waals surface area contributed by atoms with Crippen LogP contribution in [0.5, 0.6) is 0 Å². The van der Waals surface area contributed by atoms with Crippen molar-refractivity contribution in [3.8, 4) is 0 Å². The van der Waals surface area contributed by atoms with Crippen LogP contribution in [0.1, 0.15) is 16.7 Å². The summed E-state index contributed by atoms with van der Waals surface area (Å²) in [7, 11) is -2.82. The van der Waals surface area contributed by atoms with E-state index >= 15 is 0 Å². The van der Waals surface area contributed by atoms with Crippen LogP contribution in [0.15, 0.2) is 52.7 Å². The molecule has 0 aliphatic carbocycles. The number of hydrogen-bond donors (Lipinski definition) is 1. The summed E-state index contributed by atoms with van der Waals surface area (Å²) >= 11 is 0. The number of sulfonamides is 1. The molecule has 29 heavy (non-hydrogen) atoms. The minimum absolute atomic E-state index is 0.0112. The van der Waals surface area contributed by atoms with Gasteiger partial charge in [0.25, 0.3) is 15.7 Å². The molecule has 1 aromatic carbocycles. The molecule has 3 aromatic rings. The van der Waals surface area contributed by atoms with Gasteiger partial charge in [-0.1, -0.05) is 6.07 Å². The molecule has 152 valence electrons. The maximum absolute atomic E-state index is 12.8. The molecule has 3 rings (SSSR count). The number of hydrogen-bond acceptors (Lipinski definition) is 7. The summed E-state index contributed by atoms with van der Waals surface area (Å²) in [6.07, 6.45) is 5.12. The predicted octanol–water partition coefficient (Wildman–Crippen LogP) is 1.74. The van der Waals surface area contributed by atoms with Gasteiger partial charge in [0.2, 0.25) is 0 Å². The molecule has 0 aliphatic rings. The normalized spacial score (nSPS) is 12.0. The number of nitrogens with zero attached hydrogens (tertiary/aromatic N) is 5. The Hall–Kier alpha value is -3.31. The van der Waals surface area contributed by atoms with Gasteiger partial charge in [0.1, 0.15) is 0 Å². The SMILES string of the molecule is Cc1ccc([N+](=O)[O-])cc1S(=O)(=O)N(C)/N=C\c1cnn2ccc(CCO)cc12. The van der Waals surface area contributed by atoms with Crippen LogP contribution in [-0.4, -0.2) is 52.3 Å². The van der Waals surface area contributed by atoms with Crippen LogP contribution in [0.2, 0.25) is 0 Å². The number of aliphatic hydroxyl groups excluding tert-OH is 1. The maximum atomic E-state index is 12.8. The molecule has 0 saturated heterocycles. The highest BCUT2D eigenvalue weighted by Crippen LogP contribution is 2.24. The van der Waals surface area contributed by atoms with Crippen molar-refractivity contribution in [2.24, 2.45) is 5.10 Å². The van der Waals surface area contributed by atoms with Gasteiger partial charge in [-0.25, -0.2) is 4.52 Å². The van der Waals surface area contributed by atoms with Gasteiger partial charge in [0.05, 0.1) is 27.7 Å². The molecule has 11 heteroatoms. The maximum Gasteiger partial charge on any atom is 0.279 e. The number of aliphatic hydroxyl groups is 1. The lowest BCUT2D eigenvalue weighted by Crippen LogP contribution is -2.22. The number of non-ortho nitro benzene ring substituents is 1. The number of nitro groups is 1. The molecule has 0 spiro atoms. The fourth-order valence-corrected chi connectivity index (χ4v) is 3.96. The molecular weight excluding hydrogens is 398 g/mol. The Morgan fingerprint density at radius 1 is 1.34 bits per heavy atom. The van der Waals surface area contributed by atoms with Crippen molar-refractivity contribution in [3.63, 3.8) is 0 Å². The Kier molecular flexibility index (Phi) is 5.62. The summed E-state index contributed by atoms with van der Waals surface area (Å²) in [5.74, 6) is 0. The Labute approximate surface area is 166 Å². The van der Waals surface area contributed by atoms with Crippen LogP contribution in [0.25, 0.3) is 5.52 Å². The first-order valence-corrected chi connectivity index (χ1v) is 10.0. The lowest BCUT2D eigenvalue weighted by atomic mass is 10.1. The third-order valence-electron chi connectivity index (χ3n) is 4.38. The summed E-state index contributed by atoms with van der Waals surface area (Å²) in [5, 5.41) is 28.3. The largest absolute Gasteiger partial charge is 0.396 e. The molecule has 1 N–H and O–H groups in total. The first kappa shape index (κ1) is 20.4. The highest BCUT2D eigenvalue weighted by atomic mass is 32.2. The van der Waals surface area contributed by atoms with Crippen molar-refractivity contribution < 1.29 is 18.4 Å². The third kappa shape index (κ3) is 4.10. The van der Waals surface area contributed by atoms with Crippen LogP contribution in [0.3, 0.4) is 0 Å². The zero-order valence-electron chi connectivity index (χ0n) is 15.8. The van der Waals surface area contributed by atoms with E-state index in [9.17, 15) is 18.5 Å². The fraction of sp³-hybridized carbons (Fsp3) is 0.222. The minimum atomic E-state index is -4.08. The molecule has 0 bridgehead atoms.